The summed E-state index contributed by atoms with van der Waals surface area (Å²) in [5.41, 5.74) is 0. The quantitative estimate of drug-likeness (QED) is 0.855. The third-order valence-electron chi connectivity index (χ3n) is 3.65. The molecule has 0 saturated carbocycles. The molecule has 2 rings (SSSR count). The zero-order valence-corrected chi connectivity index (χ0v) is 14.1. The molecular formula is C14H19Cl2NO3S. The highest BCUT2D eigenvalue weighted by Gasteiger charge is 2.30. The zero-order valence-electron chi connectivity index (χ0n) is 11.8. The van der Waals surface area contributed by atoms with Crippen LogP contribution in [0.5, 0.6) is 0 Å². The van der Waals surface area contributed by atoms with Gasteiger partial charge in [-0.1, -0.05) is 30.1 Å². The van der Waals surface area contributed by atoms with Gasteiger partial charge >= 0.3 is 0 Å². The molecule has 0 radical (unpaired) electrons. The van der Waals surface area contributed by atoms with Gasteiger partial charge in [-0.05, 0) is 31.2 Å². The van der Waals surface area contributed by atoms with Crippen molar-refractivity contribution in [1.29, 1.82) is 0 Å². The van der Waals surface area contributed by atoms with E-state index in [1.54, 1.807) is 0 Å². The minimum Gasteiger partial charge on any atom is -0.381 e. The molecule has 0 bridgehead atoms. The van der Waals surface area contributed by atoms with Crippen molar-refractivity contribution in [1.82, 2.24) is 5.32 Å². The standard InChI is InChI=1S/C14H19Cl2NO3S/c1-2-17-14(10-5-6-20-8-10)9-21(18,19)11-3-4-12(15)13(16)7-11/h3-4,7,10,14,17H,2,5-6,8-9H2,1H3. The number of halogens is 2. The summed E-state index contributed by atoms with van der Waals surface area (Å²) < 4.78 is 30.5. The van der Waals surface area contributed by atoms with Gasteiger partial charge in [-0.2, -0.15) is 0 Å². The highest BCUT2D eigenvalue weighted by Crippen LogP contribution is 2.27. The second-order valence-electron chi connectivity index (χ2n) is 5.15. The topological polar surface area (TPSA) is 55.4 Å². The van der Waals surface area contributed by atoms with Gasteiger partial charge in [0.15, 0.2) is 9.84 Å². The van der Waals surface area contributed by atoms with E-state index in [1.165, 1.54) is 18.2 Å². The number of ether oxygens (including phenoxy) is 1. The summed E-state index contributed by atoms with van der Waals surface area (Å²) in [7, 11) is -3.42. The van der Waals surface area contributed by atoms with Crippen LogP contribution < -0.4 is 5.32 Å². The number of hydrogen-bond donors (Lipinski definition) is 1. The van der Waals surface area contributed by atoms with Crippen molar-refractivity contribution in [3.8, 4) is 0 Å². The van der Waals surface area contributed by atoms with Crippen LogP contribution in [0.15, 0.2) is 23.1 Å². The van der Waals surface area contributed by atoms with Gasteiger partial charge in [-0.25, -0.2) is 8.42 Å². The summed E-state index contributed by atoms with van der Waals surface area (Å²) in [5.74, 6) is 0.259. The van der Waals surface area contributed by atoms with E-state index in [0.717, 1.165) is 13.0 Å². The maximum Gasteiger partial charge on any atom is 0.179 e. The Balaban J connectivity index is 2.18. The van der Waals surface area contributed by atoms with Crippen molar-refractivity contribution in [3.05, 3.63) is 28.2 Å². The first kappa shape index (κ1) is 17.0. The summed E-state index contributed by atoms with van der Waals surface area (Å²) >= 11 is 11.7. The Hall–Kier alpha value is -0.330. The van der Waals surface area contributed by atoms with Gasteiger partial charge in [0.1, 0.15) is 0 Å². The van der Waals surface area contributed by atoms with Crippen molar-refractivity contribution in [2.24, 2.45) is 5.92 Å². The lowest BCUT2D eigenvalue weighted by molar-refractivity contribution is 0.179. The van der Waals surface area contributed by atoms with Crippen molar-refractivity contribution in [2.75, 3.05) is 25.5 Å². The Morgan fingerprint density at radius 1 is 1.38 bits per heavy atom. The summed E-state index contributed by atoms with van der Waals surface area (Å²) in [6, 6.07) is 4.31. The smallest absolute Gasteiger partial charge is 0.179 e. The average Bonchev–Trinajstić information content (AvgIpc) is 2.95. The molecule has 1 saturated heterocycles. The van der Waals surface area contributed by atoms with E-state index in [-0.39, 0.29) is 27.6 Å². The Morgan fingerprint density at radius 3 is 2.71 bits per heavy atom. The van der Waals surface area contributed by atoms with Crippen molar-refractivity contribution < 1.29 is 13.2 Å². The molecule has 21 heavy (non-hydrogen) atoms. The van der Waals surface area contributed by atoms with Gasteiger partial charge in [-0.3, -0.25) is 0 Å². The molecule has 1 aromatic rings. The lowest BCUT2D eigenvalue weighted by Gasteiger charge is -2.23. The van der Waals surface area contributed by atoms with Crippen LogP contribution in [-0.2, 0) is 14.6 Å². The van der Waals surface area contributed by atoms with E-state index < -0.39 is 9.84 Å². The van der Waals surface area contributed by atoms with E-state index >= 15 is 0 Å². The van der Waals surface area contributed by atoms with Gasteiger partial charge < -0.3 is 10.1 Å². The van der Waals surface area contributed by atoms with Crippen LogP contribution in [-0.4, -0.2) is 40.0 Å². The molecular weight excluding hydrogens is 333 g/mol. The van der Waals surface area contributed by atoms with Gasteiger partial charge in [0.05, 0.1) is 27.3 Å². The van der Waals surface area contributed by atoms with Gasteiger partial charge in [0.25, 0.3) is 0 Å². The highest BCUT2D eigenvalue weighted by molar-refractivity contribution is 7.91. The molecule has 4 nitrogen and oxygen atoms in total. The van der Waals surface area contributed by atoms with E-state index in [9.17, 15) is 8.42 Å². The van der Waals surface area contributed by atoms with Crippen LogP contribution in [0.2, 0.25) is 10.0 Å². The van der Waals surface area contributed by atoms with E-state index in [1.807, 2.05) is 6.92 Å². The van der Waals surface area contributed by atoms with Crippen molar-refractivity contribution in [2.45, 2.75) is 24.3 Å². The third-order valence-corrected chi connectivity index (χ3v) is 6.16. The van der Waals surface area contributed by atoms with Crippen molar-refractivity contribution >= 4 is 33.0 Å². The fourth-order valence-electron chi connectivity index (χ4n) is 2.50. The molecule has 0 aliphatic carbocycles. The largest absolute Gasteiger partial charge is 0.381 e. The van der Waals surface area contributed by atoms with Gasteiger partial charge in [0.2, 0.25) is 0 Å². The predicted molar refractivity (Wildman–Crippen MR) is 84.9 cm³/mol. The molecule has 1 N–H and O–H groups in total. The molecule has 7 heteroatoms. The molecule has 0 aromatic heterocycles. The molecule has 2 unspecified atom stereocenters. The SMILES string of the molecule is CCNC(CS(=O)(=O)c1ccc(Cl)c(Cl)c1)C1CCOC1. The third kappa shape index (κ3) is 4.33. The first-order chi connectivity index (χ1) is 9.94. The summed E-state index contributed by atoms with van der Waals surface area (Å²) in [6.45, 7) is 3.99. The first-order valence-corrected chi connectivity index (χ1v) is 9.34. The number of nitrogens with one attached hydrogen (secondary N) is 1. The highest BCUT2D eigenvalue weighted by atomic mass is 35.5. The zero-order chi connectivity index (χ0) is 15.5. The summed E-state index contributed by atoms with van der Waals surface area (Å²) in [4.78, 5) is 0.207. The van der Waals surface area contributed by atoms with Crippen LogP contribution in [0.1, 0.15) is 13.3 Å². The molecule has 0 amide bonds. The number of rotatable bonds is 6. The number of hydrogen-bond acceptors (Lipinski definition) is 4. The predicted octanol–water partition coefficient (Wildman–Crippen LogP) is 2.78. The molecule has 1 heterocycles. The minimum absolute atomic E-state index is 0.0346. The molecule has 1 aliphatic heterocycles. The molecule has 1 aromatic carbocycles. The molecule has 1 aliphatic rings. The number of sulfone groups is 1. The summed E-state index contributed by atoms with van der Waals surface area (Å²) in [5, 5.41) is 3.86. The average molecular weight is 352 g/mol. The normalized spacial score (nSPS) is 20.6. The van der Waals surface area contributed by atoms with E-state index in [4.69, 9.17) is 27.9 Å². The van der Waals surface area contributed by atoms with Crippen LogP contribution >= 0.6 is 23.2 Å². The van der Waals surface area contributed by atoms with Crippen LogP contribution in [0.25, 0.3) is 0 Å². The molecule has 0 spiro atoms. The van der Waals surface area contributed by atoms with Crippen LogP contribution in [0.4, 0.5) is 0 Å². The molecule has 118 valence electrons. The fourth-order valence-corrected chi connectivity index (χ4v) is 4.49. The molecule has 1 fully saturated rings. The minimum atomic E-state index is -3.42. The monoisotopic (exact) mass is 351 g/mol. The number of benzene rings is 1. The maximum absolute atomic E-state index is 12.6. The lowest BCUT2D eigenvalue weighted by Crippen LogP contribution is -2.42. The van der Waals surface area contributed by atoms with Crippen LogP contribution in [0.3, 0.4) is 0 Å². The molecule has 2 atom stereocenters. The van der Waals surface area contributed by atoms with Gasteiger partial charge in [-0.15, -0.1) is 0 Å². The second kappa shape index (κ2) is 7.29. The van der Waals surface area contributed by atoms with Gasteiger partial charge in [0, 0.05) is 18.6 Å². The summed E-state index contributed by atoms with van der Waals surface area (Å²) in [6.07, 6.45) is 0.883. The van der Waals surface area contributed by atoms with E-state index in [2.05, 4.69) is 5.32 Å². The maximum atomic E-state index is 12.6. The van der Waals surface area contributed by atoms with Crippen molar-refractivity contribution in [3.63, 3.8) is 0 Å². The lowest BCUT2D eigenvalue weighted by atomic mass is 10.0. The Kier molecular flexibility index (Phi) is 5.91. The Bertz CT molecular complexity index is 586. The Labute approximate surface area is 135 Å². The second-order valence-corrected chi connectivity index (χ2v) is 7.99. The first-order valence-electron chi connectivity index (χ1n) is 6.93. The van der Waals surface area contributed by atoms with Crippen LogP contribution in [0, 0.1) is 5.92 Å². The fraction of sp³-hybridized carbons (Fsp3) is 0.571. The van der Waals surface area contributed by atoms with E-state index in [0.29, 0.717) is 18.2 Å². The Morgan fingerprint density at radius 2 is 2.14 bits per heavy atom.